The predicted molar refractivity (Wildman–Crippen MR) is 73.9 cm³/mol. The number of benzene rings is 1. The van der Waals surface area contributed by atoms with Gasteiger partial charge >= 0.3 is 0 Å². The molecular weight excluding hydrogens is 254 g/mol. The first-order chi connectivity index (χ1) is 8.56. The van der Waals surface area contributed by atoms with Crippen LogP contribution >= 0.6 is 12.2 Å². The molecule has 0 saturated carbocycles. The van der Waals surface area contributed by atoms with Crippen LogP contribution in [0, 0.1) is 17.0 Å². The minimum absolute atomic E-state index is 0.0692. The number of ether oxygens (including phenoxy) is 1. The van der Waals surface area contributed by atoms with Gasteiger partial charge in [0, 0.05) is 25.4 Å². The van der Waals surface area contributed by atoms with Crippen molar-refractivity contribution in [2.45, 2.75) is 6.92 Å². The van der Waals surface area contributed by atoms with E-state index in [1.807, 2.05) is 0 Å². The third-order valence-electron chi connectivity index (χ3n) is 2.34. The first-order valence-electron chi connectivity index (χ1n) is 5.34. The second kappa shape index (κ2) is 6.87. The lowest BCUT2D eigenvalue weighted by atomic mass is 10.1. The quantitative estimate of drug-likeness (QED) is 0.367. The fourth-order valence-electron chi connectivity index (χ4n) is 1.39. The van der Waals surface area contributed by atoms with Gasteiger partial charge in [-0.3, -0.25) is 10.1 Å². The van der Waals surface area contributed by atoms with Crippen LogP contribution in [0.3, 0.4) is 0 Å². The number of anilines is 1. The van der Waals surface area contributed by atoms with Crippen LogP contribution in [0.2, 0.25) is 0 Å². The average molecular weight is 269 g/mol. The molecule has 0 heterocycles. The molecule has 0 fully saturated rings. The number of rotatable bonds is 5. The molecule has 6 nitrogen and oxygen atoms in total. The second-order valence-electron chi connectivity index (χ2n) is 3.58. The molecule has 0 radical (unpaired) electrons. The Balaban J connectivity index is 2.70. The van der Waals surface area contributed by atoms with E-state index >= 15 is 0 Å². The largest absolute Gasteiger partial charge is 0.383 e. The maximum absolute atomic E-state index is 10.8. The van der Waals surface area contributed by atoms with Crippen LogP contribution in [0.25, 0.3) is 0 Å². The minimum atomic E-state index is -0.415. The Hall–Kier alpha value is -1.73. The lowest BCUT2D eigenvalue weighted by molar-refractivity contribution is -0.385. The van der Waals surface area contributed by atoms with Gasteiger partial charge in [0.2, 0.25) is 0 Å². The number of nitro benzene ring substituents is 1. The molecule has 0 saturated heterocycles. The molecule has 0 amide bonds. The molecule has 0 bridgehead atoms. The van der Waals surface area contributed by atoms with Crippen LogP contribution in [-0.2, 0) is 4.74 Å². The van der Waals surface area contributed by atoms with Gasteiger partial charge in [0.15, 0.2) is 5.11 Å². The van der Waals surface area contributed by atoms with Crippen LogP contribution in [-0.4, -0.2) is 30.3 Å². The van der Waals surface area contributed by atoms with Gasteiger partial charge in [0.1, 0.15) is 0 Å². The van der Waals surface area contributed by atoms with E-state index in [9.17, 15) is 10.1 Å². The number of hydrogen-bond donors (Lipinski definition) is 2. The monoisotopic (exact) mass is 269 g/mol. The van der Waals surface area contributed by atoms with Gasteiger partial charge in [0.05, 0.1) is 17.1 Å². The summed E-state index contributed by atoms with van der Waals surface area (Å²) < 4.78 is 4.88. The third-order valence-corrected chi connectivity index (χ3v) is 2.59. The van der Waals surface area contributed by atoms with Gasteiger partial charge in [0.25, 0.3) is 5.69 Å². The smallest absolute Gasteiger partial charge is 0.274 e. The summed E-state index contributed by atoms with van der Waals surface area (Å²) in [6, 6.07) is 4.82. The Labute approximate surface area is 110 Å². The van der Waals surface area contributed by atoms with Gasteiger partial charge in [-0.2, -0.15) is 0 Å². The maximum Gasteiger partial charge on any atom is 0.274 e. The second-order valence-corrected chi connectivity index (χ2v) is 3.99. The first-order valence-corrected chi connectivity index (χ1v) is 5.75. The number of methoxy groups -OCH3 is 1. The molecule has 0 spiro atoms. The topological polar surface area (TPSA) is 76.4 Å². The molecule has 0 aromatic heterocycles. The van der Waals surface area contributed by atoms with E-state index in [0.29, 0.717) is 29.5 Å². The first kappa shape index (κ1) is 14.3. The van der Waals surface area contributed by atoms with Crippen molar-refractivity contribution in [2.24, 2.45) is 0 Å². The number of hydrogen-bond acceptors (Lipinski definition) is 4. The highest BCUT2D eigenvalue weighted by molar-refractivity contribution is 7.80. The highest BCUT2D eigenvalue weighted by Crippen LogP contribution is 2.24. The summed E-state index contributed by atoms with van der Waals surface area (Å²) in [5.74, 6) is 0. The normalized spacial score (nSPS) is 9.89. The third kappa shape index (κ3) is 3.94. The van der Waals surface area contributed by atoms with Crippen LogP contribution in [0.5, 0.6) is 0 Å². The Morgan fingerprint density at radius 1 is 1.56 bits per heavy atom. The van der Waals surface area contributed by atoms with Crippen LogP contribution < -0.4 is 10.6 Å². The highest BCUT2D eigenvalue weighted by Gasteiger charge is 2.13. The molecule has 1 aromatic rings. The van der Waals surface area contributed by atoms with E-state index in [4.69, 9.17) is 17.0 Å². The lowest BCUT2D eigenvalue weighted by Crippen LogP contribution is -2.31. The van der Waals surface area contributed by atoms with Crippen molar-refractivity contribution in [2.75, 3.05) is 25.6 Å². The lowest BCUT2D eigenvalue weighted by Gasteiger charge is -2.12. The zero-order valence-corrected chi connectivity index (χ0v) is 11.0. The number of nitro groups is 1. The Kier molecular flexibility index (Phi) is 5.47. The van der Waals surface area contributed by atoms with E-state index < -0.39 is 4.92 Å². The number of nitrogens with zero attached hydrogens (tertiary/aromatic N) is 1. The standard InChI is InChI=1S/C11H15N3O3S/c1-8-9(4-3-5-10(8)14(15)16)13-11(18)12-6-7-17-2/h3-5H,6-7H2,1-2H3,(H2,12,13,18). The van der Waals surface area contributed by atoms with E-state index in [1.54, 1.807) is 26.2 Å². The molecule has 2 N–H and O–H groups in total. The van der Waals surface area contributed by atoms with Crippen molar-refractivity contribution < 1.29 is 9.66 Å². The Morgan fingerprint density at radius 3 is 2.89 bits per heavy atom. The predicted octanol–water partition coefficient (Wildman–Crippen LogP) is 1.84. The summed E-state index contributed by atoms with van der Waals surface area (Å²) in [4.78, 5) is 10.4. The van der Waals surface area contributed by atoms with Gasteiger partial charge in [-0.25, -0.2) is 0 Å². The molecule has 18 heavy (non-hydrogen) atoms. The van der Waals surface area contributed by atoms with Crippen molar-refractivity contribution in [3.8, 4) is 0 Å². The van der Waals surface area contributed by atoms with Crippen molar-refractivity contribution in [3.63, 3.8) is 0 Å². The molecule has 7 heteroatoms. The molecule has 0 unspecified atom stereocenters. The summed E-state index contributed by atoms with van der Waals surface area (Å²) >= 11 is 5.07. The van der Waals surface area contributed by atoms with Gasteiger partial charge < -0.3 is 15.4 Å². The zero-order chi connectivity index (χ0) is 13.5. The molecule has 0 aliphatic carbocycles. The van der Waals surface area contributed by atoms with E-state index in [1.165, 1.54) is 6.07 Å². The average Bonchev–Trinajstić information content (AvgIpc) is 2.32. The molecular formula is C11H15N3O3S. The molecule has 1 aromatic carbocycles. The SMILES string of the molecule is COCCNC(=S)Nc1cccc([N+](=O)[O-])c1C. The Morgan fingerprint density at radius 2 is 2.28 bits per heavy atom. The fraction of sp³-hybridized carbons (Fsp3) is 0.364. The van der Waals surface area contributed by atoms with Crippen LogP contribution in [0.1, 0.15) is 5.56 Å². The van der Waals surface area contributed by atoms with E-state index in [0.717, 1.165) is 0 Å². The van der Waals surface area contributed by atoms with Crippen LogP contribution in [0.4, 0.5) is 11.4 Å². The van der Waals surface area contributed by atoms with Gasteiger partial charge in [-0.1, -0.05) is 6.07 Å². The summed E-state index contributed by atoms with van der Waals surface area (Å²) in [5.41, 5.74) is 1.25. The summed E-state index contributed by atoms with van der Waals surface area (Å²) in [6.07, 6.45) is 0. The highest BCUT2D eigenvalue weighted by atomic mass is 32.1. The van der Waals surface area contributed by atoms with Crippen molar-refractivity contribution >= 4 is 28.7 Å². The molecule has 1 rings (SSSR count). The molecule has 0 aliphatic heterocycles. The summed E-state index contributed by atoms with van der Waals surface area (Å²) in [7, 11) is 1.60. The fourth-order valence-corrected chi connectivity index (χ4v) is 1.60. The van der Waals surface area contributed by atoms with Crippen LogP contribution in [0.15, 0.2) is 18.2 Å². The molecule has 0 atom stereocenters. The van der Waals surface area contributed by atoms with Crippen molar-refractivity contribution in [1.82, 2.24) is 5.32 Å². The Bertz CT molecular complexity index is 451. The van der Waals surface area contributed by atoms with Crippen molar-refractivity contribution in [1.29, 1.82) is 0 Å². The van der Waals surface area contributed by atoms with Crippen molar-refractivity contribution in [3.05, 3.63) is 33.9 Å². The number of thiocarbonyl (C=S) groups is 1. The van der Waals surface area contributed by atoms with E-state index in [2.05, 4.69) is 10.6 Å². The van der Waals surface area contributed by atoms with E-state index in [-0.39, 0.29) is 5.69 Å². The van der Waals surface area contributed by atoms with Gasteiger partial charge in [-0.05, 0) is 25.2 Å². The minimum Gasteiger partial charge on any atom is -0.383 e. The molecule has 98 valence electrons. The van der Waals surface area contributed by atoms with Gasteiger partial charge in [-0.15, -0.1) is 0 Å². The number of nitrogens with one attached hydrogen (secondary N) is 2. The summed E-state index contributed by atoms with van der Waals surface area (Å²) in [6.45, 7) is 2.80. The molecule has 0 aliphatic rings. The maximum atomic E-state index is 10.8. The zero-order valence-electron chi connectivity index (χ0n) is 10.2. The summed E-state index contributed by atoms with van der Waals surface area (Å²) in [5, 5.41) is 17.1.